The number of hydrogen-bond donors (Lipinski definition) is 1. The third-order valence-electron chi connectivity index (χ3n) is 3.52. The van der Waals surface area contributed by atoms with Gasteiger partial charge in [0.15, 0.2) is 0 Å². The molecule has 6 heteroatoms. The number of nitrogens with one attached hydrogen (secondary N) is 1. The van der Waals surface area contributed by atoms with Crippen molar-refractivity contribution in [2.24, 2.45) is 11.0 Å². The van der Waals surface area contributed by atoms with Crippen LogP contribution in [0.3, 0.4) is 0 Å². The SMILES string of the molecule is COc1nc(C)nc2cc(C3=NNC(=O)CC3C)ccc12. The maximum Gasteiger partial charge on any atom is 0.240 e. The number of rotatable bonds is 2. The van der Waals surface area contributed by atoms with Crippen LogP contribution < -0.4 is 10.2 Å². The van der Waals surface area contributed by atoms with Gasteiger partial charge in [-0.3, -0.25) is 4.79 Å². The van der Waals surface area contributed by atoms with E-state index in [0.29, 0.717) is 18.1 Å². The Bertz CT molecular complexity index is 755. The van der Waals surface area contributed by atoms with Crippen molar-refractivity contribution in [3.8, 4) is 5.88 Å². The summed E-state index contributed by atoms with van der Waals surface area (Å²) in [5.74, 6) is 1.26. The normalized spacial score (nSPS) is 18.3. The van der Waals surface area contributed by atoms with Crippen LogP contribution in [0.1, 0.15) is 24.7 Å². The summed E-state index contributed by atoms with van der Waals surface area (Å²) in [5, 5.41) is 5.04. The van der Waals surface area contributed by atoms with E-state index in [1.165, 1.54) is 0 Å². The van der Waals surface area contributed by atoms with Crippen molar-refractivity contribution in [3.63, 3.8) is 0 Å². The number of aromatic nitrogens is 2. The summed E-state index contributed by atoms with van der Waals surface area (Å²) >= 11 is 0. The molecule has 1 atom stereocenters. The zero-order valence-electron chi connectivity index (χ0n) is 12.2. The molecule has 21 heavy (non-hydrogen) atoms. The van der Waals surface area contributed by atoms with Crippen molar-refractivity contribution in [1.82, 2.24) is 15.4 Å². The maximum atomic E-state index is 11.3. The molecule has 0 saturated heterocycles. The molecule has 108 valence electrons. The predicted octanol–water partition coefficient (Wildman–Crippen LogP) is 1.81. The van der Waals surface area contributed by atoms with Crippen LogP contribution >= 0.6 is 0 Å². The molecule has 1 unspecified atom stereocenters. The van der Waals surface area contributed by atoms with Gasteiger partial charge in [-0.2, -0.15) is 10.1 Å². The van der Waals surface area contributed by atoms with E-state index in [1.807, 2.05) is 32.0 Å². The van der Waals surface area contributed by atoms with E-state index in [9.17, 15) is 4.79 Å². The molecular formula is C15H16N4O2. The first-order valence-corrected chi connectivity index (χ1v) is 6.77. The Morgan fingerprint density at radius 2 is 2.14 bits per heavy atom. The first kappa shape index (κ1) is 13.5. The molecule has 0 fully saturated rings. The van der Waals surface area contributed by atoms with Crippen molar-refractivity contribution in [2.75, 3.05) is 7.11 Å². The van der Waals surface area contributed by atoms with Crippen molar-refractivity contribution in [2.45, 2.75) is 20.3 Å². The number of methoxy groups -OCH3 is 1. The van der Waals surface area contributed by atoms with E-state index in [1.54, 1.807) is 7.11 Å². The Morgan fingerprint density at radius 3 is 2.86 bits per heavy atom. The Morgan fingerprint density at radius 1 is 1.33 bits per heavy atom. The minimum absolute atomic E-state index is 0.0492. The maximum absolute atomic E-state index is 11.3. The van der Waals surface area contributed by atoms with Gasteiger partial charge in [0.1, 0.15) is 5.82 Å². The first-order valence-electron chi connectivity index (χ1n) is 6.77. The van der Waals surface area contributed by atoms with Gasteiger partial charge in [-0.05, 0) is 19.1 Å². The van der Waals surface area contributed by atoms with Crippen LogP contribution in [-0.4, -0.2) is 28.7 Å². The molecule has 1 aliphatic rings. The average Bonchev–Trinajstić information content (AvgIpc) is 2.45. The number of benzene rings is 1. The monoisotopic (exact) mass is 284 g/mol. The van der Waals surface area contributed by atoms with Gasteiger partial charge in [0, 0.05) is 17.9 Å². The molecule has 1 N–H and O–H groups in total. The molecule has 0 bridgehead atoms. The van der Waals surface area contributed by atoms with Crippen LogP contribution in [0, 0.1) is 12.8 Å². The smallest absolute Gasteiger partial charge is 0.240 e. The largest absolute Gasteiger partial charge is 0.480 e. The third-order valence-corrected chi connectivity index (χ3v) is 3.52. The van der Waals surface area contributed by atoms with Crippen LogP contribution in [0.25, 0.3) is 10.9 Å². The molecule has 0 radical (unpaired) electrons. The number of nitrogens with zero attached hydrogens (tertiary/aromatic N) is 3. The molecule has 1 aromatic carbocycles. The average molecular weight is 284 g/mol. The summed E-state index contributed by atoms with van der Waals surface area (Å²) in [5.41, 5.74) is 5.16. The van der Waals surface area contributed by atoms with E-state index in [2.05, 4.69) is 20.5 Å². The van der Waals surface area contributed by atoms with Gasteiger partial charge in [-0.1, -0.05) is 13.0 Å². The first-order chi connectivity index (χ1) is 10.1. The summed E-state index contributed by atoms with van der Waals surface area (Å²) < 4.78 is 5.29. The number of hydrazone groups is 1. The van der Waals surface area contributed by atoms with E-state index in [-0.39, 0.29) is 11.8 Å². The van der Waals surface area contributed by atoms with Crippen LogP contribution in [0.4, 0.5) is 0 Å². The van der Waals surface area contributed by atoms with Gasteiger partial charge in [-0.15, -0.1) is 0 Å². The third kappa shape index (κ3) is 2.44. The highest BCUT2D eigenvalue weighted by molar-refractivity contribution is 6.07. The highest BCUT2D eigenvalue weighted by atomic mass is 16.5. The number of carbonyl (C=O) groups is 1. The lowest BCUT2D eigenvalue weighted by molar-refractivity contribution is -0.121. The lowest BCUT2D eigenvalue weighted by Gasteiger charge is -2.19. The van der Waals surface area contributed by atoms with E-state index >= 15 is 0 Å². The minimum atomic E-state index is -0.0492. The minimum Gasteiger partial charge on any atom is -0.480 e. The number of fused-ring (bicyclic) bond motifs is 1. The lowest BCUT2D eigenvalue weighted by atomic mass is 9.93. The molecule has 3 rings (SSSR count). The molecule has 2 heterocycles. The fourth-order valence-corrected chi connectivity index (χ4v) is 2.53. The molecule has 6 nitrogen and oxygen atoms in total. The topological polar surface area (TPSA) is 76.5 Å². The zero-order valence-corrected chi connectivity index (χ0v) is 12.2. The molecule has 2 aromatic rings. The van der Waals surface area contributed by atoms with Crippen LogP contribution in [0.5, 0.6) is 5.88 Å². The molecule has 0 aliphatic carbocycles. The number of ether oxygens (including phenoxy) is 1. The van der Waals surface area contributed by atoms with E-state index in [4.69, 9.17) is 4.74 Å². The Hall–Kier alpha value is -2.50. The number of aryl methyl sites for hydroxylation is 1. The number of carbonyl (C=O) groups excluding carboxylic acids is 1. The molecule has 1 aromatic heterocycles. The second kappa shape index (κ2) is 5.12. The Kier molecular flexibility index (Phi) is 3.29. The quantitative estimate of drug-likeness (QED) is 0.912. The van der Waals surface area contributed by atoms with Crippen LogP contribution in [-0.2, 0) is 4.79 Å². The summed E-state index contributed by atoms with van der Waals surface area (Å²) in [6, 6.07) is 5.84. The van der Waals surface area contributed by atoms with Crippen molar-refractivity contribution < 1.29 is 9.53 Å². The fraction of sp³-hybridized carbons (Fsp3) is 0.333. The van der Waals surface area contributed by atoms with Crippen LogP contribution in [0.2, 0.25) is 0 Å². The van der Waals surface area contributed by atoms with Gasteiger partial charge in [-0.25, -0.2) is 10.4 Å². The van der Waals surface area contributed by atoms with Crippen molar-refractivity contribution >= 4 is 22.5 Å². The van der Waals surface area contributed by atoms with Crippen molar-refractivity contribution in [1.29, 1.82) is 0 Å². The van der Waals surface area contributed by atoms with Gasteiger partial charge in [0.25, 0.3) is 0 Å². The fourth-order valence-electron chi connectivity index (χ4n) is 2.53. The number of amides is 1. The summed E-state index contributed by atoms with van der Waals surface area (Å²) in [7, 11) is 1.60. The molecule has 0 saturated carbocycles. The van der Waals surface area contributed by atoms with Gasteiger partial charge < -0.3 is 4.74 Å². The predicted molar refractivity (Wildman–Crippen MR) is 79.3 cm³/mol. The highest BCUT2D eigenvalue weighted by Gasteiger charge is 2.22. The second-order valence-electron chi connectivity index (χ2n) is 5.15. The van der Waals surface area contributed by atoms with E-state index < -0.39 is 0 Å². The molecular weight excluding hydrogens is 268 g/mol. The molecule has 1 amide bonds. The zero-order chi connectivity index (χ0) is 15.0. The summed E-state index contributed by atoms with van der Waals surface area (Å²) in [6.45, 7) is 3.82. The summed E-state index contributed by atoms with van der Waals surface area (Å²) in [6.07, 6.45) is 0.447. The van der Waals surface area contributed by atoms with Gasteiger partial charge in [0.2, 0.25) is 11.8 Å². The Labute approximate surface area is 122 Å². The summed E-state index contributed by atoms with van der Waals surface area (Å²) in [4.78, 5) is 20.0. The standard InChI is InChI=1S/C15H16N4O2/c1-8-6-13(20)18-19-14(8)10-4-5-11-12(7-10)16-9(2)17-15(11)21-3/h4-5,7-8H,6H2,1-3H3,(H,18,20). The lowest BCUT2D eigenvalue weighted by Crippen LogP contribution is -2.31. The van der Waals surface area contributed by atoms with E-state index in [0.717, 1.165) is 22.2 Å². The second-order valence-corrected chi connectivity index (χ2v) is 5.15. The van der Waals surface area contributed by atoms with Crippen LogP contribution in [0.15, 0.2) is 23.3 Å². The highest BCUT2D eigenvalue weighted by Crippen LogP contribution is 2.25. The Balaban J connectivity index is 2.11. The molecule has 0 spiro atoms. The number of hydrogen-bond acceptors (Lipinski definition) is 5. The van der Waals surface area contributed by atoms with Gasteiger partial charge in [0.05, 0.1) is 23.7 Å². The van der Waals surface area contributed by atoms with Crippen molar-refractivity contribution in [3.05, 3.63) is 29.6 Å². The molecule has 1 aliphatic heterocycles. The van der Waals surface area contributed by atoms with Gasteiger partial charge >= 0.3 is 0 Å².